The zero-order chi connectivity index (χ0) is 23.5. The van der Waals surface area contributed by atoms with Crippen LogP contribution in [0, 0.1) is 5.41 Å². The maximum atomic E-state index is 12.7. The summed E-state index contributed by atoms with van der Waals surface area (Å²) in [5.74, 6) is -1.04. The van der Waals surface area contributed by atoms with Crippen molar-refractivity contribution in [2.24, 2.45) is 0 Å². The summed E-state index contributed by atoms with van der Waals surface area (Å²) >= 11 is 6.17. The van der Waals surface area contributed by atoms with Gasteiger partial charge in [-0.05, 0) is 35.9 Å². The summed E-state index contributed by atoms with van der Waals surface area (Å²) in [6, 6.07) is 18.3. The number of nitrogens with two attached hydrogens (primary N) is 1. The van der Waals surface area contributed by atoms with E-state index < -0.39 is 5.78 Å². The number of anilines is 2. The highest BCUT2D eigenvalue weighted by Crippen LogP contribution is 2.27. The third-order valence-corrected chi connectivity index (χ3v) is 5.61. The third-order valence-electron chi connectivity index (χ3n) is 5.25. The largest absolute Gasteiger partial charge is 0.398 e. The predicted molar refractivity (Wildman–Crippen MR) is 128 cm³/mol. The van der Waals surface area contributed by atoms with Gasteiger partial charge in [0.2, 0.25) is 11.6 Å². The number of carbonyl (C=O) groups excluding carboxylic acids is 3. The first-order chi connectivity index (χ1) is 15.9. The van der Waals surface area contributed by atoms with Gasteiger partial charge in [0.25, 0.3) is 5.91 Å². The molecule has 1 aliphatic rings. The molecule has 0 saturated carbocycles. The van der Waals surface area contributed by atoms with E-state index in [1.807, 2.05) is 0 Å². The van der Waals surface area contributed by atoms with Crippen molar-refractivity contribution >= 4 is 46.7 Å². The number of nitrogens with one attached hydrogen (secondary N) is 3. The average molecular weight is 459 g/mol. The lowest BCUT2D eigenvalue weighted by molar-refractivity contribution is 0.0974. The van der Waals surface area contributed by atoms with E-state index in [2.05, 4.69) is 10.6 Å². The second-order valence-electron chi connectivity index (χ2n) is 7.39. The molecule has 3 aromatic rings. The first-order valence-corrected chi connectivity index (χ1v) is 10.4. The molecule has 0 heterocycles. The van der Waals surface area contributed by atoms with Gasteiger partial charge in [-0.15, -0.1) is 0 Å². The summed E-state index contributed by atoms with van der Waals surface area (Å²) in [7, 11) is 0. The standard InChI is InChI=1S/C25H19ClN4O3/c26-21-22(24(32)19-4-2-1-3-18(19)23(21)31)29-13-14-5-7-15(8-6-14)25(33)30-17-10-9-16(12-27)20(28)11-17/h1-12,27,29H,13,28H2,(H,30,33). The normalized spacial score (nSPS) is 12.9. The number of amides is 1. The van der Waals surface area contributed by atoms with Gasteiger partial charge in [-0.25, -0.2) is 0 Å². The van der Waals surface area contributed by atoms with Gasteiger partial charge < -0.3 is 21.8 Å². The molecule has 164 valence electrons. The highest BCUT2D eigenvalue weighted by molar-refractivity contribution is 6.49. The van der Waals surface area contributed by atoms with Crippen LogP contribution in [0.5, 0.6) is 0 Å². The van der Waals surface area contributed by atoms with Crippen molar-refractivity contribution in [2.75, 3.05) is 11.1 Å². The fourth-order valence-corrected chi connectivity index (χ4v) is 3.71. The molecule has 1 amide bonds. The molecule has 7 nitrogen and oxygen atoms in total. The van der Waals surface area contributed by atoms with Crippen LogP contribution in [0.1, 0.15) is 42.2 Å². The first-order valence-electron chi connectivity index (χ1n) is 10.0. The quantitative estimate of drug-likeness (QED) is 0.326. The Morgan fingerprint density at radius 3 is 2.27 bits per heavy atom. The van der Waals surface area contributed by atoms with Crippen molar-refractivity contribution in [2.45, 2.75) is 6.54 Å². The van der Waals surface area contributed by atoms with Crippen LogP contribution < -0.4 is 16.4 Å². The minimum atomic E-state index is -0.393. The smallest absolute Gasteiger partial charge is 0.255 e. The molecule has 0 spiro atoms. The van der Waals surface area contributed by atoms with Crippen molar-refractivity contribution in [3.8, 4) is 0 Å². The van der Waals surface area contributed by atoms with Crippen LogP contribution in [-0.4, -0.2) is 23.7 Å². The Morgan fingerprint density at radius 2 is 1.64 bits per heavy atom. The molecule has 1 aliphatic carbocycles. The summed E-state index contributed by atoms with van der Waals surface area (Å²) < 4.78 is 0. The number of rotatable bonds is 6. The number of halogens is 1. The van der Waals surface area contributed by atoms with Crippen molar-refractivity contribution in [3.05, 3.63) is 105 Å². The van der Waals surface area contributed by atoms with Crippen molar-refractivity contribution in [3.63, 3.8) is 0 Å². The number of benzene rings is 3. The summed E-state index contributed by atoms with van der Waals surface area (Å²) in [6.45, 7) is 0.246. The average Bonchev–Trinajstić information content (AvgIpc) is 2.83. The highest BCUT2D eigenvalue weighted by atomic mass is 35.5. The molecule has 0 bridgehead atoms. The zero-order valence-electron chi connectivity index (χ0n) is 17.3. The monoisotopic (exact) mass is 458 g/mol. The topological polar surface area (TPSA) is 125 Å². The Kier molecular flexibility index (Phi) is 6.06. The molecule has 0 unspecified atom stereocenters. The fourth-order valence-electron chi connectivity index (χ4n) is 3.45. The lowest BCUT2D eigenvalue weighted by Gasteiger charge is -2.19. The van der Waals surface area contributed by atoms with Crippen LogP contribution in [0.3, 0.4) is 0 Å². The van der Waals surface area contributed by atoms with Crippen LogP contribution in [0.15, 0.2) is 77.5 Å². The van der Waals surface area contributed by atoms with E-state index in [0.717, 1.165) is 11.8 Å². The van der Waals surface area contributed by atoms with E-state index in [1.165, 1.54) is 0 Å². The summed E-state index contributed by atoms with van der Waals surface area (Å²) in [5, 5.41) is 12.9. The summed E-state index contributed by atoms with van der Waals surface area (Å²) in [4.78, 5) is 37.7. The van der Waals surface area contributed by atoms with E-state index in [-0.39, 0.29) is 29.0 Å². The second-order valence-corrected chi connectivity index (χ2v) is 7.76. The Morgan fingerprint density at radius 1 is 0.970 bits per heavy atom. The van der Waals surface area contributed by atoms with Crippen LogP contribution >= 0.6 is 11.6 Å². The molecular weight excluding hydrogens is 440 g/mol. The predicted octanol–water partition coefficient (Wildman–Crippen LogP) is 4.14. The maximum absolute atomic E-state index is 12.7. The molecule has 4 rings (SSSR count). The number of ketones is 2. The zero-order valence-corrected chi connectivity index (χ0v) is 18.1. The van der Waals surface area contributed by atoms with E-state index in [1.54, 1.807) is 66.7 Å². The molecule has 0 fully saturated rings. The minimum absolute atomic E-state index is 0.0631. The Balaban J connectivity index is 1.43. The Bertz CT molecular complexity index is 1330. The van der Waals surface area contributed by atoms with Gasteiger partial charge in [0.05, 0.1) is 0 Å². The van der Waals surface area contributed by atoms with Gasteiger partial charge in [0.15, 0.2) is 0 Å². The molecule has 0 aromatic heterocycles. The minimum Gasteiger partial charge on any atom is -0.398 e. The number of allylic oxidation sites excluding steroid dienone is 2. The first kappa shape index (κ1) is 22.0. The van der Waals surface area contributed by atoms with Crippen molar-refractivity contribution in [1.82, 2.24) is 5.32 Å². The lowest BCUT2D eigenvalue weighted by atomic mass is 9.92. The van der Waals surface area contributed by atoms with Crippen LogP contribution in [-0.2, 0) is 6.54 Å². The maximum Gasteiger partial charge on any atom is 0.255 e. The second kappa shape index (κ2) is 9.10. The van der Waals surface area contributed by atoms with Crippen molar-refractivity contribution in [1.29, 1.82) is 5.41 Å². The number of hydrogen-bond acceptors (Lipinski definition) is 6. The van der Waals surface area contributed by atoms with Crippen LogP contribution in [0.4, 0.5) is 11.4 Å². The molecule has 0 atom stereocenters. The molecule has 3 aromatic carbocycles. The number of Topliss-reactive ketones (excluding diaryl/α,β-unsaturated/α-hetero) is 2. The van der Waals surface area contributed by atoms with Gasteiger partial charge in [-0.2, -0.15) is 0 Å². The fraction of sp³-hybridized carbons (Fsp3) is 0.0400. The number of fused-ring (bicyclic) bond motifs is 1. The molecule has 33 heavy (non-hydrogen) atoms. The molecule has 0 saturated heterocycles. The molecular formula is C25H19ClN4O3. The van der Waals surface area contributed by atoms with E-state index in [9.17, 15) is 14.4 Å². The van der Waals surface area contributed by atoms with Gasteiger partial charge in [-0.1, -0.05) is 48.0 Å². The highest BCUT2D eigenvalue weighted by Gasteiger charge is 2.30. The SMILES string of the molecule is N=Cc1ccc(NC(=O)c2ccc(CNC3=C(Cl)C(=O)c4ccccc4C3=O)cc2)cc1N. The molecule has 8 heteroatoms. The number of nitrogen functional groups attached to an aromatic ring is 1. The number of hydrogen-bond donors (Lipinski definition) is 4. The third kappa shape index (κ3) is 4.40. The van der Waals surface area contributed by atoms with Crippen LogP contribution in [0.2, 0.25) is 0 Å². The van der Waals surface area contributed by atoms with Gasteiger partial charge in [0.1, 0.15) is 10.7 Å². The summed E-state index contributed by atoms with van der Waals surface area (Å²) in [5.41, 5.74) is 9.24. The van der Waals surface area contributed by atoms with E-state index >= 15 is 0 Å². The Hall–Kier alpha value is -4.23. The van der Waals surface area contributed by atoms with Gasteiger partial charge >= 0.3 is 0 Å². The van der Waals surface area contributed by atoms with E-state index in [0.29, 0.717) is 33.6 Å². The Labute approximate surface area is 194 Å². The van der Waals surface area contributed by atoms with E-state index in [4.69, 9.17) is 22.7 Å². The van der Waals surface area contributed by atoms with Gasteiger partial charge in [0, 0.05) is 46.4 Å². The van der Waals surface area contributed by atoms with Crippen molar-refractivity contribution < 1.29 is 14.4 Å². The number of carbonyl (C=O) groups is 3. The van der Waals surface area contributed by atoms with Crippen LogP contribution in [0.25, 0.3) is 0 Å². The molecule has 0 aliphatic heterocycles. The molecule has 0 radical (unpaired) electrons. The lowest BCUT2D eigenvalue weighted by Crippen LogP contribution is -2.28. The summed E-state index contributed by atoms with van der Waals surface area (Å²) in [6.07, 6.45) is 1.15. The molecule has 5 N–H and O–H groups in total. The van der Waals surface area contributed by atoms with Gasteiger partial charge in [-0.3, -0.25) is 14.4 Å².